The second-order valence-electron chi connectivity index (χ2n) is 16.5. The Morgan fingerprint density at radius 1 is 0.323 bits per heavy atom. The number of para-hydroxylation sites is 2. The third-order valence-electron chi connectivity index (χ3n) is 12.1. The van der Waals surface area contributed by atoms with E-state index in [-0.39, 0.29) is 0 Å². The first-order chi connectivity index (χ1) is 32.0. The van der Waals surface area contributed by atoms with E-state index in [4.69, 9.17) is 9.97 Å². The molecule has 0 atom stereocenters. The summed E-state index contributed by atoms with van der Waals surface area (Å²) in [7, 11) is 0. The van der Waals surface area contributed by atoms with Crippen LogP contribution in [0.4, 0.5) is 34.1 Å². The average molecular weight is 836 g/mol. The van der Waals surface area contributed by atoms with Crippen molar-refractivity contribution in [1.82, 2.24) is 14.5 Å². The molecule has 0 spiro atoms. The average Bonchev–Trinajstić information content (AvgIpc) is 3.69. The molecule has 0 aliphatic rings. The minimum Gasteiger partial charge on any atom is -0.310 e. The quantitative estimate of drug-likeness (QED) is 0.138. The van der Waals surface area contributed by atoms with Gasteiger partial charge < -0.3 is 14.4 Å². The molecule has 0 amide bonds. The second kappa shape index (κ2) is 17.0. The van der Waals surface area contributed by atoms with Crippen LogP contribution < -0.4 is 9.80 Å². The van der Waals surface area contributed by atoms with Crippen LogP contribution in [-0.4, -0.2) is 14.5 Å². The normalized spacial score (nSPS) is 11.2. The van der Waals surface area contributed by atoms with Crippen LogP contribution in [0, 0.1) is 13.8 Å². The Labute approximate surface area is 379 Å². The molecule has 0 saturated heterocycles. The third-order valence-corrected chi connectivity index (χ3v) is 12.1. The van der Waals surface area contributed by atoms with Gasteiger partial charge in [-0.2, -0.15) is 0 Å². The van der Waals surface area contributed by atoms with E-state index in [1.54, 1.807) is 0 Å². The van der Waals surface area contributed by atoms with Crippen molar-refractivity contribution < 1.29 is 0 Å². The molecule has 11 rings (SSSR count). The van der Waals surface area contributed by atoms with Crippen molar-refractivity contribution in [3.05, 3.63) is 248 Å². The van der Waals surface area contributed by atoms with E-state index in [0.717, 1.165) is 89.7 Å². The van der Waals surface area contributed by atoms with Crippen LogP contribution in [0.15, 0.2) is 237 Å². The first kappa shape index (κ1) is 39.3. The SMILES string of the molecule is Cc1ccc(N(c2ccc(C)cc2)c2ccc3c(c2)c2cc(N(c4ccccc4)c4ccccc4)ccc2n3-c2ccc(-c3cc(-c4ccccc4)nc(-c4ccccc4)n3)cc2)cc1. The molecule has 0 saturated carbocycles. The maximum atomic E-state index is 5.13. The highest BCUT2D eigenvalue weighted by Crippen LogP contribution is 2.43. The Morgan fingerprint density at radius 2 is 0.692 bits per heavy atom. The predicted molar refractivity (Wildman–Crippen MR) is 272 cm³/mol. The molecule has 0 radical (unpaired) electrons. The first-order valence-corrected chi connectivity index (χ1v) is 22.1. The van der Waals surface area contributed by atoms with Crippen molar-refractivity contribution in [2.45, 2.75) is 13.8 Å². The molecule has 2 heterocycles. The number of aromatic nitrogens is 3. The molecule has 2 aromatic heterocycles. The van der Waals surface area contributed by atoms with E-state index in [2.05, 4.69) is 241 Å². The van der Waals surface area contributed by atoms with Crippen molar-refractivity contribution in [1.29, 1.82) is 0 Å². The van der Waals surface area contributed by atoms with E-state index in [1.165, 1.54) is 11.1 Å². The standard InChI is InChI=1S/C60H45N5/c1-42-23-29-49(30-24-42)64(50-31-25-43(2)26-32-50)53-36-38-59-55(40-53)54-39-52(63(47-19-11-5-12-20-47)48-21-13-6-14-22-48)35-37-58(54)65(59)51-33-27-45(28-34-51)57-41-56(44-15-7-3-8-16-44)61-60(62-57)46-17-9-4-10-18-46/h3-41H,1-2H3. The van der Waals surface area contributed by atoms with Crippen molar-refractivity contribution >= 4 is 55.9 Å². The molecule has 0 aliphatic carbocycles. The lowest BCUT2D eigenvalue weighted by Gasteiger charge is -2.26. The van der Waals surface area contributed by atoms with Crippen LogP contribution in [0.2, 0.25) is 0 Å². The van der Waals surface area contributed by atoms with E-state index in [1.807, 2.05) is 24.3 Å². The fourth-order valence-electron chi connectivity index (χ4n) is 8.84. The first-order valence-electron chi connectivity index (χ1n) is 22.1. The lowest BCUT2D eigenvalue weighted by Crippen LogP contribution is -2.10. The molecule has 0 fully saturated rings. The van der Waals surface area contributed by atoms with Gasteiger partial charge in [0.2, 0.25) is 0 Å². The van der Waals surface area contributed by atoms with Gasteiger partial charge in [-0.3, -0.25) is 0 Å². The van der Waals surface area contributed by atoms with Gasteiger partial charge in [0.15, 0.2) is 5.82 Å². The van der Waals surface area contributed by atoms with Crippen LogP contribution in [0.1, 0.15) is 11.1 Å². The number of hydrogen-bond donors (Lipinski definition) is 0. The van der Waals surface area contributed by atoms with Crippen molar-refractivity contribution in [3.63, 3.8) is 0 Å². The molecule has 310 valence electrons. The predicted octanol–water partition coefficient (Wildman–Crippen LogP) is 16.1. The maximum Gasteiger partial charge on any atom is 0.160 e. The van der Waals surface area contributed by atoms with E-state index in [9.17, 15) is 0 Å². The highest BCUT2D eigenvalue weighted by molar-refractivity contribution is 6.12. The molecule has 9 aromatic carbocycles. The summed E-state index contributed by atoms with van der Waals surface area (Å²) in [6.07, 6.45) is 0. The fourth-order valence-corrected chi connectivity index (χ4v) is 8.84. The minimum absolute atomic E-state index is 0.699. The lowest BCUT2D eigenvalue weighted by molar-refractivity contribution is 1.17. The van der Waals surface area contributed by atoms with Gasteiger partial charge in [0.25, 0.3) is 0 Å². The van der Waals surface area contributed by atoms with Crippen molar-refractivity contribution in [2.24, 2.45) is 0 Å². The van der Waals surface area contributed by atoms with Crippen molar-refractivity contribution in [3.8, 4) is 39.6 Å². The molecule has 0 N–H and O–H groups in total. The Morgan fingerprint density at radius 3 is 1.14 bits per heavy atom. The monoisotopic (exact) mass is 835 g/mol. The molecule has 11 aromatic rings. The Kier molecular flexibility index (Phi) is 10.3. The lowest BCUT2D eigenvalue weighted by atomic mass is 10.1. The molecule has 5 nitrogen and oxygen atoms in total. The molecule has 0 bridgehead atoms. The van der Waals surface area contributed by atoms with Crippen LogP contribution in [0.25, 0.3) is 61.4 Å². The van der Waals surface area contributed by atoms with Gasteiger partial charge in [0.05, 0.1) is 22.4 Å². The third kappa shape index (κ3) is 7.70. The number of hydrogen-bond acceptors (Lipinski definition) is 4. The molecular formula is C60H45N5. The Balaban J connectivity index is 1.09. The van der Waals surface area contributed by atoms with Crippen LogP contribution in [0.3, 0.4) is 0 Å². The molecule has 0 unspecified atom stereocenters. The van der Waals surface area contributed by atoms with Crippen LogP contribution >= 0.6 is 0 Å². The zero-order valence-electron chi connectivity index (χ0n) is 36.3. The van der Waals surface area contributed by atoms with Gasteiger partial charge in [0.1, 0.15) is 0 Å². The van der Waals surface area contributed by atoms with Gasteiger partial charge in [-0.05, 0) is 117 Å². The summed E-state index contributed by atoms with van der Waals surface area (Å²) in [5, 5.41) is 2.31. The summed E-state index contributed by atoms with van der Waals surface area (Å²) in [5.74, 6) is 0.699. The van der Waals surface area contributed by atoms with Gasteiger partial charge in [-0.1, -0.05) is 145 Å². The topological polar surface area (TPSA) is 37.2 Å². The molecule has 65 heavy (non-hydrogen) atoms. The van der Waals surface area contributed by atoms with Crippen LogP contribution in [0.5, 0.6) is 0 Å². The number of benzene rings is 9. The Hall–Kier alpha value is -8.54. The van der Waals surface area contributed by atoms with Crippen LogP contribution in [-0.2, 0) is 0 Å². The van der Waals surface area contributed by atoms with Gasteiger partial charge >= 0.3 is 0 Å². The van der Waals surface area contributed by atoms with E-state index < -0.39 is 0 Å². The number of fused-ring (bicyclic) bond motifs is 3. The highest BCUT2D eigenvalue weighted by atomic mass is 15.1. The van der Waals surface area contributed by atoms with E-state index in [0.29, 0.717) is 5.82 Å². The zero-order chi connectivity index (χ0) is 43.7. The summed E-state index contributed by atoms with van der Waals surface area (Å²) in [5.41, 5.74) is 17.1. The minimum atomic E-state index is 0.699. The Bertz CT molecular complexity index is 3260. The summed E-state index contributed by atoms with van der Waals surface area (Å²) in [6, 6.07) is 84.0. The largest absolute Gasteiger partial charge is 0.310 e. The van der Waals surface area contributed by atoms with Gasteiger partial charge in [-0.25, -0.2) is 9.97 Å². The second-order valence-corrected chi connectivity index (χ2v) is 16.5. The number of nitrogens with zero attached hydrogens (tertiary/aromatic N) is 5. The summed E-state index contributed by atoms with van der Waals surface area (Å²) in [6.45, 7) is 4.27. The zero-order valence-corrected chi connectivity index (χ0v) is 36.3. The summed E-state index contributed by atoms with van der Waals surface area (Å²) >= 11 is 0. The number of aryl methyl sites for hydroxylation is 2. The smallest absolute Gasteiger partial charge is 0.160 e. The van der Waals surface area contributed by atoms with Gasteiger partial charge in [-0.15, -0.1) is 0 Å². The summed E-state index contributed by atoms with van der Waals surface area (Å²) in [4.78, 5) is 14.8. The van der Waals surface area contributed by atoms with Crippen molar-refractivity contribution in [2.75, 3.05) is 9.80 Å². The number of rotatable bonds is 10. The summed E-state index contributed by atoms with van der Waals surface area (Å²) < 4.78 is 2.39. The maximum absolute atomic E-state index is 5.13. The van der Waals surface area contributed by atoms with E-state index >= 15 is 0 Å². The number of anilines is 6. The molecule has 0 aliphatic heterocycles. The van der Waals surface area contributed by atoms with Gasteiger partial charge in [0, 0.05) is 67.3 Å². The molecule has 5 heteroatoms. The fraction of sp³-hybridized carbons (Fsp3) is 0.0333. The highest BCUT2D eigenvalue weighted by Gasteiger charge is 2.21. The molecular weight excluding hydrogens is 791 g/mol.